The van der Waals surface area contributed by atoms with Gasteiger partial charge in [0.15, 0.2) is 0 Å². The number of amides is 4. The maximum atomic E-state index is 15.0. The first-order chi connectivity index (χ1) is 26.3. The molecule has 19 heteroatoms. The molecule has 0 spiro atoms. The first kappa shape index (κ1) is 41.4. The van der Waals surface area contributed by atoms with Gasteiger partial charge in [0.2, 0.25) is 27.7 Å². The van der Waals surface area contributed by atoms with E-state index in [1.807, 2.05) is 13.0 Å². The number of carbonyl (C=O) groups excluding carboxylic acids is 3. The summed E-state index contributed by atoms with van der Waals surface area (Å²) < 4.78 is 78.1. The van der Waals surface area contributed by atoms with Gasteiger partial charge in [0.05, 0.1) is 11.8 Å². The number of carbonyl (C=O) groups is 4. The minimum Gasteiger partial charge on any atom is -0.472 e. The van der Waals surface area contributed by atoms with Crippen LogP contribution in [0.3, 0.4) is 0 Å². The molecule has 4 aliphatic rings. The molecule has 2 aromatic rings. The minimum atomic E-state index is -5.08. The highest BCUT2D eigenvalue weighted by atomic mass is 32.2. The summed E-state index contributed by atoms with van der Waals surface area (Å²) in [6.45, 7) is 4.63. The molecule has 56 heavy (non-hydrogen) atoms. The Bertz CT molecular complexity index is 1940. The molecule has 2 aliphatic carbocycles. The second kappa shape index (κ2) is 15.6. The van der Waals surface area contributed by atoms with Crippen LogP contribution in [0.5, 0.6) is 5.88 Å². The topological polar surface area (TPSA) is 188 Å². The Morgan fingerprint density at radius 2 is 1.89 bits per heavy atom. The van der Waals surface area contributed by atoms with Crippen molar-refractivity contribution in [3.8, 4) is 16.5 Å². The predicted octanol–water partition coefficient (Wildman–Crippen LogP) is 5.13. The number of hydrogen-bond acceptors (Lipinski definition) is 10. The van der Waals surface area contributed by atoms with Crippen LogP contribution in [0.25, 0.3) is 10.6 Å². The number of fused-ring (bicyclic) bond motifs is 2. The molecule has 14 nitrogen and oxygen atoms in total. The van der Waals surface area contributed by atoms with Gasteiger partial charge in [-0.05, 0) is 70.3 Å². The zero-order valence-electron chi connectivity index (χ0n) is 31.5. The van der Waals surface area contributed by atoms with E-state index in [1.54, 1.807) is 36.7 Å². The third-order valence-corrected chi connectivity index (χ3v) is 14.1. The van der Waals surface area contributed by atoms with E-state index >= 15 is 0 Å². The summed E-state index contributed by atoms with van der Waals surface area (Å²) in [6, 6.07) is -0.00920. The van der Waals surface area contributed by atoms with E-state index in [0.717, 1.165) is 4.90 Å². The van der Waals surface area contributed by atoms with Gasteiger partial charge >= 0.3 is 12.3 Å². The molecule has 6 rings (SSSR count). The van der Waals surface area contributed by atoms with Crippen LogP contribution in [0.15, 0.2) is 42.1 Å². The smallest absolute Gasteiger partial charge is 0.411 e. The molecular weight excluding hydrogens is 778 g/mol. The molecule has 3 fully saturated rings. The fourth-order valence-electron chi connectivity index (χ4n) is 7.79. The predicted molar refractivity (Wildman–Crippen MR) is 199 cm³/mol. The lowest BCUT2D eigenvalue weighted by atomic mass is 9.82. The van der Waals surface area contributed by atoms with Crippen molar-refractivity contribution in [2.45, 2.75) is 120 Å². The Hall–Kier alpha value is -4.26. The number of rotatable bonds is 9. The van der Waals surface area contributed by atoms with Gasteiger partial charge in [-0.1, -0.05) is 32.4 Å². The zero-order valence-corrected chi connectivity index (χ0v) is 33.1. The maximum absolute atomic E-state index is 15.0. The standard InChI is InChI=1S/C37H47F3N6O8S2/c1-5-22-16-21(2)8-6-7-9-24-18-36(24,33(49)44-56(52,53)26-11-12-26)43-30(47)27-17-25(54-28-13-10-23(19-42-28)31-41-14-15-55-31)20-45(27)32(48)29(22)46(34(50)51)35(3,4)37(38,39)40/h7,9-10,13-15,19,21-22,24-27,29H,5-6,8,11-12,16-18,20H2,1-4H3,(H,43,47)(H,44,49)(H,50,51)/t21-,22-,24-,25-,27+,29+,36-/m1/s1. The largest absolute Gasteiger partial charge is 0.472 e. The SMILES string of the molecule is CC[C@@H]1C[C@H](C)CCC=C[C@@H]2C[C@@]2(C(=O)NS(=O)(=O)C2CC2)NC(=O)[C@@H]2C[C@@H](Oc3ccc(-c4nccs4)cn3)CN2C(=O)[C@H]1N(C(=O)O)C(C)(C)C(F)(F)F. The van der Waals surface area contributed by atoms with Gasteiger partial charge in [0.1, 0.15) is 34.3 Å². The average Bonchev–Trinajstić information content (AvgIpc) is 3.99. The molecule has 2 saturated carbocycles. The Balaban J connectivity index is 1.39. The lowest BCUT2D eigenvalue weighted by molar-refractivity contribution is -0.222. The van der Waals surface area contributed by atoms with Crippen LogP contribution in [0.4, 0.5) is 18.0 Å². The van der Waals surface area contributed by atoms with Crippen molar-refractivity contribution in [1.29, 1.82) is 0 Å². The van der Waals surface area contributed by atoms with E-state index in [1.165, 1.54) is 17.5 Å². The third-order valence-electron chi connectivity index (χ3n) is 11.4. The summed E-state index contributed by atoms with van der Waals surface area (Å²) in [5.41, 5.74) is -3.99. The number of pyridine rings is 1. The second-order valence-corrected chi connectivity index (χ2v) is 18.7. The number of nitrogens with zero attached hydrogens (tertiary/aromatic N) is 4. The van der Waals surface area contributed by atoms with Crippen LogP contribution < -0.4 is 14.8 Å². The lowest BCUT2D eigenvalue weighted by Crippen LogP contribution is -2.66. The van der Waals surface area contributed by atoms with Crippen LogP contribution in [-0.4, -0.2) is 104 Å². The van der Waals surface area contributed by atoms with Gasteiger partial charge in [-0.3, -0.25) is 24.0 Å². The Labute approximate surface area is 327 Å². The first-order valence-corrected chi connectivity index (χ1v) is 21.2. The van der Waals surface area contributed by atoms with E-state index in [9.17, 15) is 45.9 Å². The number of ether oxygens (including phenoxy) is 1. The van der Waals surface area contributed by atoms with Crippen molar-refractivity contribution < 1.29 is 50.6 Å². The number of nitrogens with one attached hydrogen (secondary N) is 2. The summed E-state index contributed by atoms with van der Waals surface area (Å²) >= 11 is 1.40. The van der Waals surface area contributed by atoms with Gasteiger partial charge in [-0.2, -0.15) is 13.2 Å². The summed E-state index contributed by atoms with van der Waals surface area (Å²) in [5, 5.41) is 15.0. The number of aromatic nitrogens is 2. The van der Waals surface area contributed by atoms with E-state index in [0.29, 0.717) is 50.1 Å². The first-order valence-electron chi connectivity index (χ1n) is 18.8. The number of hydrogen-bond donors (Lipinski definition) is 3. The number of allylic oxidation sites excluding steroid dienone is 1. The van der Waals surface area contributed by atoms with E-state index in [2.05, 4.69) is 20.0 Å². The molecular formula is C37H47F3N6O8S2. The highest BCUT2D eigenvalue weighted by Gasteiger charge is 2.63. The van der Waals surface area contributed by atoms with Crippen molar-refractivity contribution in [2.75, 3.05) is 6.54 Å². The van der Waals surface area contributed by atoms with Gasteiger partial charge in [-0.15, -0.1) is 11.3 Å². The molecule has 2 aliphatic heterocycles. The Kier molecular flexibility index (Phi) is 11.5. The van der Waals surface area contributed by atoms with Crippen LogP contribution >= 0.6 is 11.3 Å². The Morgan fingerprint density at radius 1 is 1.16 bits per heavy atom. The molecule has 7 atom stereocenters. The van der Waals surface area contributed by atoms with Crippen molar-refractivity contribution in [2.24, 2.45) is 17.8 Å². The summed E-state index contributed by atoms with van der Waals surface area (Å²) in [5.74, 6) is -4.31. The number of alkyl halides is 3. The van der Waals surface area contributed by atoms with E-state index in [4.69, 9.17) is 4.74 Å². The molecule has 1 saturated heterocycles. The van der Waals surface area contributed by atoms with Crippen LogP contribution in [0.1, 0.15) is 79.1 Å². The van der Waals surface area contributed by atoms with Crippen molar-refractivity contribution in [3.63, 3.8) is 0 Å². The lowest BCUT2D eigenvalue weighted by Gasteiger charge is -2.46. The van der Waals surface area contributed by atoms with E-state index < -0.39 is 86.4 Å². The van der Waals surface area contributed by atoms with Crippen molar-refractivity contribution in [3.05, 3.63) is 42.1 Å². The number of sulfonamides is 1. The molecule has 0 aromatic carbocycles. The van der Waals surface area contributed by atoms with Crippen LogP contribution in [0, 0.1) is 17.8 Å². The van der Waals surface area contributed by atoms with Crippen LogP contribution in [0.2, 0.25) is 0 Å². The fourth-order valence-corrected chi connectivity index (χ4v) is 9.78. The molecule has 2 aromatic heterocycles. The molecule has 3 N–H and O–H groups in total. The third kappa shape index (κ3) is 8.38. The normalized spacial score (nSPS) is 28.9. The minimum absolute atomic E-state index is 0.0693. The molecule has 306 valence electrons. The second-order valence-electron chi connectivity index (χ2n) is 15.8. The molecule has 4 amide bonds. The highest BCUT2D eigenvalue weighted by molar-refractivity contribution is 7.91. The number of halogens is 3. The molecule has 4 heterocycles. The highest BCUT2D eigenvalue weighted by Crippen LogP contribution is 2.47. The van der Waals surface area contributed by atoms with Crippen molar-refractivity contribution >= 4 is 45.2 Å². The summed E-state index contributed by atoms with van der Waals surface area (Å²) in [6.07, 6.45) is 0.780. The molecule has 0 radical (unpaired) electrons. The maximum Gasteiger partial charge on any atom is 0.411 e. The van der Waals surface area contributed by atoms with Gasteiger partial charge in [0, 0.05) is 41.7 Å². The van der Waals surface area contributed by atoms with E-state index in [-0.39, 0.29) is 48.9 Å². The average molecular weight is 825 g/mol. The number of carboxylic acid groups (broad SMARTS) is 1. The van der Waals surface area contributed by atoms with Crippen LogP contribution in [-0.2, 0) is 24.4 Å². The molecule has 0 unspecified atom stereocenters. The fraction of sp³-hybridized carbons (Fsp3) is 0.622. The number of thiazole rings is 1. The van der Waals surface area contributed by atoms with Gasteiger partial charge in [-0.25, -0.2) is 23.2 Å². The van der Waals surface area contributed by atoms with Gasteiger partial charge in [0.25, 0.3) is 5.91 Å². The Morgan fingerprint density at radius 3 is 2.48 bits per heavy atom. The van der Waals surface area contributed by atoms with Crippen molar-refractivity contribution in [1.82, 2.24) is 29.8 Å². The van der Waals surface area contributed by atoms with Gasteiger partial charge < -0.3 is 20.1 Å². The zero-order chi connectivity index (χ0) is 40.8. The summed E-state index contributed by atoms with van der Waals surface area (Å²) in [7, 11) is -4.01. The molecule has 0 bridgehead atoms. The monoisotopic (exact) mass is 824 g/mol. The quantitative estimate of drug-likeness (QED) is 0.286. The summed E-state index contributed by atoms with van der Waals surface area (Å²) in [4.78, 5) is 65.9.